The predicted octanol–water partition coefficient (Wildman–Crippen LogP) is 3.16. The lowest BCUT2D eigenvalue weighted by atomic mass is 9.86. The molecule has 2 aromatic rings. The van der Waals surface area contributed by atoms with Gasteiger partial charge in [-0.25, -0.2) is 0 Å². The summed E-state index contributed by atoms with van der Waals surface area (Å²) in [7, 11) is 0. The van der Waals surface area contributed by atoms with E-state index in [2.05, 4.69) is 34.3 Å². The van der Waals surface area contributed by atoms with Crippen molar-refractivity contribution < 1.29 is 9.59 Å². The van der Waals surface area contributed by atoms with Crippen molar-refractivity contribution in [3.05, 3.63) is 69.7 Å². The van der Waals surface area contributed by atoms with E-state index in [0.29, 0.717) is 22.9 Å². The molecule has 1 fully saturated rings. The predicted molar refractivity (Wildman–Crippen MR) is 110 cm³/mol. The fraction of sp³-hybridized carbons (Fsp3) is 0.182. The summed E-state index contributed by atoms with van der Waals surface area (Å²) in [6.07, 6.45) is 1.31. The smallest absolute Gasteiger partial charge is 0.296 e. The van der Waals surface area contributed by atoms with E-state index >= 15 is 0 Å². The first-order valence-electron chi connectivity index (χ1n) is 8.64. The molecule has 3 rings (SSSR count). The van der Waals surface area contributed by atoms with Crippen molar-refractivity contribution in [3.8, 4) is 23.7 Å². The number of carbonyl (C=O) groups excluding carboxylic acids is 2. The van der Waals surface area contributed by atoms with E-state index in [9.17, 15) is 9.59 Å². The van der Waals surface area contributed by atoms with Gasteiger partial charge in [-0.15, -0.1) is 0 Å². The first-order valence-corrected chi connectivity index (χ1v) is 9.40. The number of halogens is 2. The Labute approximate surface area is 173 Å². The zero-order valence-electron chi connectivity index (χ0n) is 14.8. The Kier molecular flexibility index (Phi) is 6.61. The molecule has 2 N–H and O–H groups in total. The minimum absolute atomic E-state index is 0.00143. The van der Waals surface area contributed by atoms with Crippen LogP contribution >= 0.6 is 23.2 Å². The van der Waals surface area contributed by atoms with Gasteiger partial charge in [-0.1, -0.05) is 35.0 Å². The third-order valence-corrected chi connectivity index (χ3v) is 4.64. The molecule has 140 valence electrons. The molecular weight excluding hydrogens is 395 g/mol. The topological polar surface area (TPSA) is 58.2 Å². The van der Waals surface area contributed by atoms with Crippen LogP contribution in [-0.2, 0) is 9.59 Å². The number of carbonyl (C=O) groups is 2. The lowest BCUT2D eigenvalue weighted by molar-refractivity contribution is -0.117. The summed E-state index contributed by atoms with van der Waals surface area (Å²) in [4.78, 5) is 23.7. The number of hydrogen-bond donors (Lipinski definition) is 2. The number of nitrogens with one attached hydrogen (secondary N) is 2. The van der Waals surface area contributed by atoms with E-state index in [-0.39, 0.29) is 23.9 Å². The second kappa shape index (κ2) is 9.33. The summed E-state index contributed by atoms with van der Waals surface area (Å²) >= 11 is 11.6. The van der Waals surface area contributed by atoms with Crippen molar-refractivity contribution in [2.75, 3.05) is 0 Å². The van der Waals surface area contributed by atoms with E-state index < -0.39 is 0 Å². The van der Waals surface area contributed by atoms with Gasteiger partial charge in [-0.05, 0) is 61.4 Å². The van der Waals surface area contributed by atoms with Crippen LogP contribution in [0.1, 0.15) is 24.0 Å². The molecule has 28 heavy (non-hydrogen) atoms. The maximum absolute atomic E-state index is 11.9. The molecule has 0 atom stereocenters. The molecule has 0 saturated heterocycles. The minimum atomic E-state index is -0.341. The van der Waals surface area contributed by atoms with Crippen LogP contribution in [0.5, 0.6) is 0 Å². The van der Waals surface area contributed by atoms with E-state index in [1.165, 1.54) is 0 Å². The van der Waals surface area contributed by atoms with Crippen molar-refractivity contribution in [1.82, 2.24) is 10.6 Å². The van der Waals surface area contributed by atoms with Crippen molar-refractivity contribution in [1.29, 1.82) is 0 Å². The summed E-state index contributed by atoms with van der Waals surface area (Å²) in [5, 5.41) is 6.89. The highest BCUT2D eigenvalue weighted by molar-refractivity contribution is 6.30. The lowest BCUT2D eigenvalue weighted by Gasteiger charge is -2.35. The van der Waals surface area contributed by atoms with Crippen molar-refractivity contribution >= 4 is 35.0 Å². The van der Waals surface area contributed by atoms with Crippen LogP contribution in [0.3, 0.4) is 0 Å². The van der Waals surface area contributed by atoms with Crippen molar-refractivity contribution in [2.24, 2.45) is 0 Å². The molecule has 0 aliphatic heterocycles. The molecule has 0 aromatic heterocycles. The van der Waals surface area contributed by atoms with Gasteiger partial charge in [0.25, 0.3) is 11.8 Å². The second-order valence-corrected chi connectivity index (χ2v) is 7.20. The van der Waals surface area contributed by atoms with Gasteiger partial charge in [0.15, 0.2) is 0 Å². The average Bonchev–Trinajstić information content (AvgIpc) is 2.65. The molecule has 1 saturated carbocycles. The molecule has 0 spiro atoms. The van der Waals surface area contributed by atoms with Gasteiger partial charge in [-0.3, -0.25) is 9.59 Å². The van der Waals surface area contributed by atoms with E-state index in [1.54, 1.807) is 48.5 Å². The van der Waals surface area contributed by atoms with E-state index in [0.717, 1.165) is 11.1 Å². The first-order chi connectivity index (χ1) is 13.5. The van der Waals surface area contributed by atoms with Gasteiger partial charge in [0, 0.05) is 45.1 Å². The highest BCUT2D eigenvalue weighted by atomic mass is 35.5. The fourth-order valence-corrected chi connectivity index (χ4v) is 2.87. The largest absolute Gasteiger partial charge is 0.342 e. The lowest BCUT2D eigenvalue weighted by Crippen LogP contribution is -2.53. The summed E-state index contributed by atoms with van der Waals surface area (Å²) in [6, 6.07) is 13.9. The van der Waals surface area contributed by atoms with Crippen LogP contribution in [0, 0.1) is 23.7 Å². The van der Waals surface area contributed by atoms with Crippen LogP contribution in [0.4, 0.5) is 0 Å². The van der Waals surface area contributed by atoms with Gasteiger partial charge in [0.2, 0.25) is 0 Å². The van der Waals surface area contributed by atoms with Crippen molar-refractivity contribution in [2.45, 2.75) is 24.9 Å². The second-order valence-electron chi connectivity index (χ2n) is 6.33. The molecule has 2 amide bonds. The third-order valence-electron chi connectivity index (χ3n) is 4.14. The van der Waals surface area contributed by atoms with Gasteiger partial charge >= 0.3 is 0 Å². The fourth-order valence-electron chi connectivity index (χ4n) is 2.62. The van der Waals surface area contributed by atoms with Gasteiger partial charge < -0.3 is 10.6 Å². The maximum Gasteiger partial charge on any atom is 0.296 e. The summed E-state index contributed by atoms with van der Waals surface area (Å²) < 4.78 is 0. The number of amides is 2. The Bertz CT molecular complexity index is 906. The summed E-state index contributed by atoms with van der Waals surface area (Å²) in [5.74, 6) is 10.0. The number of benzene rings is 2. The molecule has 4 nitrogen and oxygen atoms in total. The molecule has 2 aromatic carbocycles. The molecule has 0 bridgehead atoms. The molecule has 1 aliphatic rings. The minimum Gasteiger partial charge on any atom is -0.342 e. The van der Waals surface area contributed by atoms with Crippen LogP contribution in [0.2, 0.25) is 10.0 Å². The third kappa shape index (κ3) is 6.06. The first kappa shape index (κ1) is 19.8. The monoisotopic (exact) mass is 410 g/mol. The normalized spacial score (nSPS) is 17.1. The van der Waals surface area contributed by atoms with Gasteiger partial charge in [0.05, 0.1) is 0 Å². The highest BCUT2D eigenvalue weighted by Crippen LogP contribution is 2.19. The molecule has 0 unspecified atom stereocenters. The molecular formula is C22H16Cl2N2O2. The quantitative estimate of drug-likeness (QED) is 0.746. The molecule has 0 radical (unpaired) electrons. The SMILES string of the molecule is O=C(C#Cc1ccc(Cl)cc1)NC1CC(NC(=O)C#Cc2ccc(Cl)cc2)C1. The Morgan fingerprint density at radius 3 is 1.43 bits per heavy atom. The van der Waals surface area contributed by atoms with Crippen molar-refractivity contribution in [3.63, 3.8) is 0 Å². The maximum atomic E-state index is 11.9. The van der Waals surface area contributed by atoms with Gasteiger partial charge in [0.1, 0.15) is 0 Å². The Balaban J connectivity index is 1.40. The number of rotatable bonds is 2. The van der Waals surface area contributed by atoms with Crippen LogP contribution < -0.4 is 10.6 Å². The zero-order valence-corrected chi connectivity index (χ0v) is 16.3. The molecule has 1 aliphatic carbocycles. The average molecular weight is 411 g/mol. The van der Waals surface area contributed by atoms with E-state index in [1.807, 2.05) is 0 Å². The van der Waals surface area contributed by atoms with Crippen LogP contribution in [0.15, 0.2) is 48.5 Å². The van der Waals surface area contributed by atoms with Gasteiger partial charge in [-0.2, -0.15) is 0 Å². The van der Waals surface area contributed by atoms with Crippen LogP contribution in [-0.4, -0.2) is 23.9 Å². The Morgan fingerprint density at radius 2 is 1.07 bits per heavy atom. The Morgan fingerprint density at radius 1 is 0.714 bits per heavy atom. The zero-order chi connectivity index (χ0) is 19.9. The summed E-state index contributed by atoms with van der Waals surface area (Å²) in [5.41, 5.74) is 1.44. The standard InChI is InChI=1S/C22H16Cl2N2O2/c23-17-7-1-15(2-8-17)5-11-21(27)25-19-13-20(14-19)26-22(28)12-6-16-3-9-18(24)10-4-16/h1-4,7-10,19-20H,13-14H2,(H,25,27)(H,26,28). The van der Waals surface area contributed by atoms with Crippen LogP contribution in [0.25, 0.3) is 0 Å². The number of hydrogen-bond acceptors (Lipinski definition) is 2. The molecule has 0 heterocycles. The highest BCUT2D eigenvalue weighted by Gasteiger charge is 2.30. The van der Waals surface area contributed by atoms with E-state index in [4.69, 9.17) is 23.2 Å². The molecule has 6 heteroatoms. The Hall–Kier alpha value is -2.92. The summed E-state index contributed by atoms with van der Waals surface area (Å²) in [6.45, 7) is 0.